The van der Waals surface area contributed by atoms with Crippen LogP contribution in [-0.2, 0) is 6.54 Å². The molecule has 1 heterocycles. The van der Waals surface area contributed by atoms with E-state index in [1.807, 2.05) is 19.1 Å². The Balaban J connectivity index is 2.27. The molecule has 1 aromatic heterocycles. The number of nitrogens with zero attached hydrogens (tertiary/aromatic N) is 1. The summed E-state index contributed by atoms with van der Waals surface area (Å²) in [6.07, 6.45) is 1.63. The van der Waals surface area contributed by atoms with Crippen LogP contribution >= 0.6 is 11.6 Å². The Morgan fingerprint density at radius 2 is 2.15 bits per heavy atom. The summed E-state index contributed by atoms with van der Waals surface area (Å²) in [4.78, 5) is 2.06. The van der Waals surface area contributed by atoms with Crippen LogP contribution in [0.25, 0.3) is 0 Å². The van der Waals surface area contributed by atoms with Crippen LogP contribution in [-0.4, -0.2) is 18.0 Å². The minimum Gasteiger partial charge on any atom is -0.468 e. The second-order valence-electron chi connectivity index (χ2n) is 4.54. The highest BCUT2D eigenvalue weighted by molar-refractivity contribution is 6.30. The minimum absolute atomic E-state index is 0.120. The van der Waals surface area contributed by atoms with Crippen molar-refractivity contribution in [2.45, 2.75) is 19.5 Å². The number of likely N-dealkylation sites (N-methyl/N-ethyl adjacent to an activating group) is 1. The lowest BCUT2D eigenvalue weighted by Crippen LogP contribution is -2.33. The zero-order valence-electron chi connectivity index (χ0n) is 11.4. The maximum absolute atomic E-state index is 14.2. The van der Waals surface area contributed by atoms with E-state index in [4.69, 9.17) is 21.8 Å². The van der Waals surface area contributed by atoms with Gasteiger partial charge in [0.2, 0.25) is 0 Å². The second-order valence-corrected chi connectivity index (χ2v) is 4.94. The molecule has 2 rings (SSSR count). The molecule has 0 fully saturated rings. The molecule has 0 aliphatic carbocycles. The van der Waals surface area contributed by atoms with E-state index in [0.717, 1.165) is 12.3 Å². The third-order valence-electron chi connectivity index (χ3n) is 3.35. The van der Waals surface area contributed by atoms with E-state index in [1.54, 1.807) is 18.4 Å². The molecule has 2 N–H and O–H groups in total. The van der Waals surface area contributed by atoms with E-state index in [0.29, 0.717) is 18.7 Å². The van der Waals surface area contributed by atoms with Crippen molar-refractivity contribution in [2.24, 2.45) is 5.73 Å². The van der Waals surface area contributed by atoms with Crippen LogP contribution < -0.4 is 5.73 Å². The Hall–Kier alpha value is -1.36. The van der Waals surface area contributed by atoms with Gasteiger partial charge < -0.3 is 10.2 Å². The van der Waals surface area contributed by atoms with E-state index in [2.05, 4.69) is 4.90 Å². The first kappa shape index (κ1) is 15.0. The maximum Gasteiger partial charge on any atom is 0.146 e. The fourth-order valence-electron chi connectivity index (χ4n) is 2.30. The van der Waals surface area contributed by atoms with Crippen molar-refractivity contribution in [1.82, 2.24) is 4.90 Å². The molecule has 0 saturated heterocycles. The monoisotopic (exact) mass is 296 g/mol. The third-order valence-corrected chi connectivity index (χ3v) is 3.64. The first-order valence-electron chi connectivity index (χ1n) is 6.57. The summed E-state index contributed by atoms with van der Waals surface area (Å²) in [5.41, 5.74) is 6.37. The summed E-state index contributed by atoms with van der Waals surface area (Å²) in [7, 11) is 0. The lowest BCUT2D eigenvalue weighted by Gasteiger charge is -2.29. The standard InChI is InChI=1S/C15H18ClFN2O/c1-2-19(10-11-5-4-8-20-11)14(9-18)12-6-3-7-13(16)15(12)17/h3-8,14H,2,9-10,18H2,1H3. The van der Waals surface area contributed by atoms with Gasteiger partial charge >= 0.3 is 0 Å². The van der Waals surface area contributed by atoms with Gasteiger partial charge in [0.25, 0.3) is 0 Å². The molecule has 0 aliphatic rings. The highest BCUT2D eigenvalue weighted by atomic mass is 35.5. The summed E-state index contributed by atoms with van der Waals surface area (Å²) >= 11 is 5.85. The van der Waals surface area contributed by atoms with E-state index < -0.39 is 5.82 Å². The molecule has 0 saturated carbocycles. The summed E-state index contributed by atoms with van der Waals surface area (Å²) in [5.74, 6) is 0.426. The van der Waals surface area contributed by atoms with Crippen molar-refractivity contribution in [3.8, 4) is 0 Å². The highest BCUT2D eigenvalue weighted by Crippen LogP contribution is 2.28. The van der Waals surface area contributed by atoms with Gasteiger partial charge in [-0.3, -0.25) is 4.90 Å². The molecule has 3 nitrogen and oxygen atoms in total. The molecule has 20 heavy (non-hydrogen) atoms. The van der Waals surface area contributed by atoms with E-state index in [1.165, 1.54) is 6.07 Å². The maximum atomic E-state index is 14.2. The summed E-state index contributed by atoms with van der Waals surface area (Å²) in [6.45, 7) is 3.63. The van der Waals surface area contributed by atoms with Gasteiger partial charge in [-0.1, -0.05) is 30.7 Å². The number of hydrogen-bond donors (Lipinski definition) is 1. The Kier molecular flexibility index (Phi) is 5.17. The normalized spacial score (nSPS) is 12.8. The topological polar surface area (TPSA) is 42.4 Å². The van der Waals surface area contributed by atoms with Crippen LogP contribution in [0.2, 0.25) is 5.02 Å². The molecule has 1 atom stereocenters. The number of hydrogen-bond acceptors (Lipinski definition) is 3. The van der Waals surface area contributed by atoms with Gasteiger partial charge in [0.05, 0.1) is 23.9 Å². The van der Waals surface area contributed by atoms with Gasteiger partial charge in [-0.15, -0.1) is 0 Å². The fraction of sp³-hybridized carbons (Fsp3) is 0.333. The van der Waals surface area contributed by atoms with Gasteiger partial charge in [0.15, 0.2) is 0 Å². The molecular formula is C15H18ClFN2O. The highest BCUT2D eigenvalue weighted by Gasteiger charge is 2.22. The van der Waals surface area contributed by atoms with Crippen molar-refractivity contribution in [3.63, 3.8) is 0 Å². The van der Waals surface area contributed by atoms with Crippen LogP contribution in [0.3, 0.4) is 0 Å². The molecule has 1 aromatic carbocycles. The molecule has 0 aliphatic heterocycles. The van der Waals surface area contributed by atoms with Crippen LogP contribution in [0.5, 0.6) is 0 Å². The Bertz CT molecular complexity index is 545. The van der Waals surface area contributed by atoms with Gasteiger partial charge in [-0.2, -0.15) is 0 Å². The fourth-order valence-corrected chi connectivity index (χ4v) is 2.48. The van der Waals surface area contributed by atoms with E-state index in [9.17, 15) is 4.39 Å². The van der Waals surface area contributed by atoms with Crippen LogP contribution in [0, 0.1) is 5.82 Å². The molecule has 2 aromatic rings. The average molecular weight is 297 g/mol. The van der Waals surface area contributed by atoms with E-state index in [-0.39, 0.29) is 11.1 Å². The summed E-state index contributed by atoms with van der Waals surface area (Å²) in [6, 6.07) is 8.50. The van der Waals surface area contributed by atoms with Gasteiger partial charge in [0.1, 0.15) is 11.6 Å². The van der Waals surface area contributed by atoms with Crippen molar-refractivity contribution in [1.29, 1.82) is 0 Å². The first-order chi connectivity index (χ1) is 9.67. The van der Waals surface area contributed by atoms with Gasteiger partial charge in [-0.25, -0.2) is 4.39 Å². The quantitative estimate of drug-likeness (QED) is 0.886. The predicted molar refractivity (Wildman–Crippen MR) is 78.0 cm³/mol. The predicted octanol–water partition coefficient (Wildman–Crippen LogP) is 3.59. The number of furan rings is 1. The lowest BCUT2D eigenvalue weighted by molar-refractivity contribution is 0.184. The second kappa shape index (κ2) is 6.88. The Morgan fingerprint density at radius 3 is 2.75 bits per heavy atom. The van der Waals surface area contributed by atoms with Crippen molar-refractivity contribution < 1.29 is 8.81 Å². The van der Waals surface area contributed by atoms with E-state index >= 15 is 0 Å². The number of halogens is 2. The Labute approximate surface area is 123 Å². The first-order valence-corrected chi connectivity index (χ1v) is 6.95. The molecule has 5 heteroatoms. The third kappa shape index (κ3) is 3.20. The minimum atomic E-state index is -0.400. The smallest absolute Gasteiger partial charge is 0.146 e. The molecule has 108 valence electrons. The number of benzene rings is 1. The largest absolute Gasteiger partial charge is 0.468 e. The molecule has 1 unspecified atom stereocenters. The van der Waals surface area contributed by atoms with Gasteiger partial charge in [-0.05, 0) is 24.7 Å². The lowest BCUT2D eigenvalue weighted by atomic mass is 10.0. The Morgan fingerprint density at radius 1 is 1.35 bits per heavy atom. The number of nitrogens with two attached hydrogens (primary N) is 1. The summed E-state index contributed by atoms with van der Waals surface area (Å²) in [5, 5.41) is 0.120. The van der Waals surface area contributed by atoms with Crippen molar-refractivity contribution in [2.75, 3.05) is 13.1 Å². The van der Waals surface area contributed by atoms with Crippen LogP contribution in [0.1, 0.15) is 24.3 Å². The number of rotatable bonds is 6. The van der Waals surface area contributed by atoms with Crippen LogP contribution in [0.4, 0.5) is 4.39 Å². The van der Waals surface area contributed by atoms with Crippen LogP contribution in [0.15, 0.2) is 41.0 Å². The van der Waals surface area contributed by atoms with Crippen molar-refractivity contribution >= 4 is 11.6 Å². The summed E-state index contributed by atoms with van der Waals surface area (Å²) < 4.78 is 19.5. The molecule has 0 bridgehead atoms. The average Bonchev–Trinajstić information content (AvgIpc) is 2.96. The molecule has 0 amide bonds. The zero-order valence-corrected chi connectivity index (χ0v) is 12.1. The van der Waals surface area contributed by atoms with Gasteiger partial charge in [0, 0.05) is 12.1 Å². The molecule has 0 radical (unpaired) electrons. The zero-order chi connectivity index (χ0) is 14.5. The SMILES string of the molecule is CCN(Cc1ccco1)C(CN)c1cccc(Cl)c1F. The van der Waals surface area contributed by atoms with Crippen molar-refractivity contribution in [3.05, 3.63) is 58.8 Å². The molecule has 0 spiro atoms. The molecular weight excluding hydrogens is 279 g/mol.